The normalized spacial score (nSPS) is 12.8. The Hall–Kier alpha value is -3.74. The van der Waals surface area contributed by atoms with E-state index in [1.807, 2.05) is 14.1 Å². The number of nitrogens with one attached hydrogen (secondary N) is 5. The average molecular weight is 604 g/mol. The van der Waals surface area contributed by atoms with Crippen LogP contribution in [0.1, 0.15) is 74.5 Å². The van der Waals surface area contributed by atoms with E-state index in [1.54, 1.807) is 52.2 Å². The van der Waals surface area contributed by atoms with Gasteiger partial charge in [0.25, 0.3) is 5.91 Å². The lowest BCUT2D eigenvalue weighted by molar-refractivity contribution is 0.0599. The summed E-state index contributed by atoms with van der Waals surface area (Å²) in [5, 5.41) is 18.1. The van der Waals surface area contributed by atoms with Gasteiger partial charge in [0.1, 0.15) is 16.8 Å². The van der Waals surface area contributed by atoms with Crippen LogP contribution in [0.3, 0.4) is 0 Å². The molecule has 2 heterocycles. The summed E-state index contributed by atoms with van der Waals surface area (Å²) in [4.78, 5) is 34.8. The number of carbonyl (C=O) groups excluding carboxylic acids is 2. The number of primary amides is 1. The molecule has 1 aliphatic rings. The van der Waals surface area contributed by atoms with Crippen LogP contribution in [0.25, 0.3) is 11.2 Å². The van der Waals surface area contributed by atoms with Gasteiger partial charge in [-0.3, -0.25) is 10.2 Å². The first-order valence-electron chi connectivity index (χ1n) is 13.8. The Bertz CT molecular complexity index is 1300. The number of anilines is 1. The van der Waals surface area contributed by atoms with E-state index in [4.69, 9.17) is 22.7 Å². The SMILES string of the molecule is CC(C)(C)OC(N)=O.CN.CNC.CNc1cc(Cl)ccc1C(=N)c1cnc2[nH]cc(C(=O)NC3CCCCC3)c2n1. The van der Waals surface area contributed by atoms with Gasteiger partial charge in [-0.1, -0.05) is 30.9 Å². The Balaban J connectivity index is 0.000000576. The second-order valence-corrected chi connectivity index (χ2v) is 10.7. The van der Waals surface area contributed by atoms with E-state index in [0.29, 0.717) is 33.0 Å². The molecule has 1 aliphatic carbocycles. The molecule has 2 amide bonds. The van der Waals surface area contributed by atoms with Crippen molar-refractivity contribution in [2.75, 3.05) is 33.5 Å². The number of ether oxygens (including phenoxy) is 1. The number of rotatable bonds is 5. The summed E-state index contributed by atoms with van der Waals surface area (Å²) in [6, 6.07) is 5.48. The third kappa shape index (κ3) is 11.6. The number of H-pyrrole nitrogens is 1. The van der Waals surface area contributed by atoms with Crippen LogP contribution in [-0.2, 0) is 4.74 Å². The summed E-state index contributed by atoms with van der Waals surface area (Å²) >= 11 is 6.06. The fourth-order valence-corrected chi connectivity index (χ4v) is 4.25. The maximum Gasteiger partial charge on any atom is 0.405 e. The molecule has 13 heteroatoms. The molecular formula is C29H46ClN9O3. The number of fused-ring (bicyclic) bond motifs is 1. The van der Waals surface area contributed by atoms with Crippen LogP contribution in [0.4, 0.5) is 10.5 Å². The van der Waals surface area contributed by atoms with Crippen LogP contribution in [-0.4, -0.2) is 72.5 Å². The van der Waals surface area contributed by atoms with Crippen LogP contribution in [0, 0.1) is 5.41 Å². The van der Waals surface area contributed by atoms with Crippen molar-refractivity contribution in [2.45, 2.75) is 64.5 Å². The van der Waals surface area contributed by atoms with E-state index >= 15 is 0 Å². The second kappa shape index (κ2) is 17.9. The third-order valence-electron chi connectivity index (χ3n) is 5.75. The minimum absolute atomic E-state index is 0.150. The van der Waals surface area contributed by atoms with Crippen LogP contribution >= 0.6 is 11.6 Å². The summed E-state index contributed by atoms with van der Waals surface area (Å²) in [6.07, 6.45) is 8.00. The molecule has 0 saturated heterocycles. The standard InChI is InChI=1S/C21H23ClN6O.C5H11NO2.C2H7N.CH5N/c1-24-16-9-12(22)7-8-14(16)18(23)17-11-26-20-19(28-17)15(10-25-20)21(29)27-13-5-3-2-4-6-13;1-5(2,3)8-4(6)7;1-3-2;1-2/h7-11,13,23-24H,2-6H2,1H3,(H,25,26)(H,27,29);1-3H3,(H2,6,7);3H,1-2H3;2H2,1H3. The minimum Gasteiger partial charge on any atom is -0.444 e. The monoisotopic (exact) mass is 603 g/mol. The highest BCUT2D eigenvalue weighted by atomic mass is 35.5. The number of hydrogen-bond donors (Lipinski definition) is 7. The molecule has 0 atom stereocenters. The molecule has 42 heavy (non-hydrogen) atoms. The Kier molecular flexibility index (Phi) is 15.5. The molecule has 0 radical (unpaired) electrons. The van der Waals surface area contributed by atoms with Gasteiger partial charge in [0.2, 0.25) is 0 Å². The van der Waals surface area contributed by atoms with Gasteiger partial charge in [0, 0.05) is 35.6 Å². The van der Waals surface area contributed by atoms with Crippen molar-refractivity contribution in [2.24, 2.45) is 11.5 Å². The summed E-state index contributed by atoms with van der Waals surface area (Å²) in [5.74, 6) is -0.150. The zero-order valence-electron chi connectivity index (χ0n) is 25.7. The fraction of sp³-hybridized carbons (Fsp3) is 0.483. The molecule has 0 bridgehead atoms. The summed E-state index contributed by atoms with van der Waals surface area (Å²) < 4.78 is 4.58. The van der Waals surface area contributed by atoms with Crippen molar-refractivity contribution in [3.8, 4) is 0 Å². The lowest BCUT2D eigenvalue weighted by Gasteiger charge is -2.22. The first-order valence-corrected chi connectivity index (χ1v) is 14.1. The number of nitrogens with zero attached hydrogens (tertiary/aromatic N) is 2. The topological polar surface area (TPSA) is 197 Å². The molecule has 3 aromatic rings. The smallest absolute Gasteiger partial charge is 0.405 e. The maximum absolute atomic E-state index is 12.8. The molecule has 1 fully saturated rings. The van der Waals surface area contributed by atoms with E-state index in [0.717, 1.165) is 31.4 Å². The molecule has 0 unspecified atom stereocenters. The van der Waals surface area contributed by atoms with Gasteiger partial charge in [-0.2, -0.15) is 0 Å². The number of aromatic nitrogens is 3. The van der Waals surface area contributed by atoms with Gasteiger partial charge in [0.15, 0.2) is 5.65 Å². The third-order valence-corrected chi connectivity index (χ3v) is 5.98. The number of halogens is 1. The molecule has 2 aromatic heterocycles. The number of aromatic amines is 1. The fourth-order valence-electron chi connectivity index (χ4n) is 4.08. The minimum atomic E-state index is -0.725. The Morgan fingerprint density at radius 3 is 2.24 bits per heavy atom. The van der Waals surface area contributed by atoms with E-state index in [9.17, 15) is 9.59 Å². The summed E-state index contributed by atoms with van der Waals surface area (Å²) in [6.45, 7) is 5.28. The molecule has 232 valence electrons. The van der Waals surface area contributed by atoms with Crippen molar-refractivity contribution >= 4 is 46.2 Å². The maximum atomic E-state index is 12.8. The lowest BCUT2D eigenvalue weighted by atomic mass is 9.95. The zero-order valence-corrected chi connectivity index (χ0v) is 26.4. The predicted molar refractivity (Wildman–Crippen MR) is 171 cm³/mol. The van der Waals surface area contributed by atoms with Gasteiger partial charge < -0.3 is 37.1 Å². The van der Waals surface area contributed by atoms with Gasteiger partial charge in [-0.25, -0.2) is 14.8 Å². The molecule has 1 saturated carbocycles. The highest BCUT2D eigenvalue weighted by Gasteiger charge is 2.21. The van der Waals surface area contributed by atoms with E-state index in [1.165, 1.54) is 19.7 Å². The van der Waals surface area contributed by atoms with Gasteiger partial charge >= 0.3 is 6.09 Å². The molecule has 12 nitrogen and oxygen atoms in total. The van der Waals surface area contributed by atoms with Crippen LogP contribution in [0.15, 0.2) is 30.6 Å². The van der Waals surface area contributed by atoms with Crippen molar-refractivity contribution in [1.82, 2.24) is 25.6 Å². The molecule has 4 rings (SSSR count). The first kappa shape index (κ1) is 36.3. The number of amides is 2. The number of hydrogen-bond acceptors (Lipinski definition) is 9. The van der Waals surface area contributed by atoms with Crippen molar-refractivity contribution in [1.29, 1.82) is 5.41 Å². The number of nitrogens with two attached hydrogens (primary N) is 2. The van der Waals surface area contributed by atoms with Gasteiger partial charge in [-0.15, -0.1) is 0 Å². The van der Waals surface area contributed by atoms with E-state index in [2.05, 4.69) is 41.4 Å². The van der Waals surface area contributed by atoms with E-state index < -0.39 is 11.7 Å². The van der Waals surface area contributed by atoms with Crippen LogP contribution < -0.4 is 27.4 Å². The van der Waals surface area contributed by atoms with Gasteiger partial charge in [-0.05, 0) is 73.0 Å². The zero-order chi connectivity index (χ0) is 31.9. The Morgan fingerprint density at radius 1 is 1.10 bits per heavy atom. The number of carbonyl (C=O) groups is 2. The summed E-state index contributed by atoms with van der Waals surface area (Å²) in [7, 11) is 7.02. The first-order chi connectivity index (χ1) is 19.9. The van der Waals surface area contributed by atoms with Gasteiger partial charge in [0.05, 0.1) is 17.5 Å². The van der Waals surface area contributed by atoms with Crippen molar-refractivity contribution < 1.29 is 14.3 Å². The lowest BCUT2D eigenvalue weighted by Crippen LogP contribution is -2.36. The molecule has 0 spiro atoms. The molecule has 1 aromatic carbocycles. The highest BCUT2D eigenvalue weighted by molar-refractivity contribution is 6.31. The van der Waals surface area contributed by atoms with Crippen molar-refractivity contribution in [3.05, 3.63) is 52.4 Å². The average Bonchev–Trinajstić information content (AvgIpc) is 3.37. The van der Waals surface area contributed by atoms with Crippen molar-refractivity contribution in [3.63, 3.8) is 0 Å². The summed E-state index contributed by atoms with van der Waals surface area (Å²) in [5.41, 5.74) is 12.2. The quantitative estimate of drug-likeness (QED) is 0.208. The predicted octanol–water partition coefficient (Wildman–Crippen LogP) is 4.42. The Morgan fingerprint density at radius 2 is 1.71 bits per heavy atom. The highest BCUT2D eigenvalue weighted by Crippen LogP contribution is 2.24. The molecular weight excluding hydrogens is 558 g/mol. The van der Waals surface area contributed by atoms with Crippen LogP contribution in [0.5, 0.6) is 0 Å². The van der Waals surface area contributed by atoms with Crippen LogP contribution in [0.2, 0.25) is 5.02 Å². The molecule has 9 N–H and O–H groups in total. The van der Waals surface area contributed by atoms with E-state index in [-0.39, 0.29) is 17.7 Å². The Labute approximate surface area is 253 Å². The largest absolute Gasteiger partial charge is 0.444 e. The second-order valence-electron chi connectivity index (χ2n) is 10.3. The number of benzene rings is 1. The molecule has 0 aliphatic heterocycles.